The topological polar surface area (TPSA) is 131 Å². The van der Waals surface area contributed by atoms with Gasteiger partial charge in [-0.15, -0.1) is 0 Å². The largest absolute Gasteiger partial charge is 0.411 e. The van der Waals surface area contributed by atoms with E-state index in [9.17, 15) is 32.9 Å². The van der Waals surface area contributed by atoms with Crippen molar-refractivity contribution in [2.75, 3.05) is 0 Å². The molecule has 2 aromatic carbocycles. The molecule has 10 nitrogen and oxygen atoms in total. The highest BCUT2D eigenvalue weighted by molar-refractivity contribution is 6.74. The number of rotatable bonds is 10. The average Bonchev–Trinajstić information content (AvgIpc) is 3.62. The van der Waals surface area contributed by atoms with E-state index in [1.54, 1.807) is 6.92 Å². The number of nitrogens with zero attached hydrogens (tertiary/aromatic N) is 6. The van der Waals surface area contributed by atoms with E-state index in [2.05, 4.69) is 54.0 Å². The molecular formula is C30H40F4N6O4Si. The van der Waals surface area contributed by atoms with Gasteiger partial charge < -0.3 is 19.7 Å². The van der Waals surface area contributed by atoms with Gasteiger partial charge in [0.1, 0.15) is 59.8 Å². The fourth-order valence-corrected chi connectivity index (χ4v) is 5.83. The van der Waals surface area contributed by atoms with E-state index in [0.29, 0.717) is 6.07 Å². The van der Waals surface area contributed by atoms with Gasteiger partial charge in [0, 0.05) is 23.3 Å². The molecule has 0 saturated heterocycles. The van der Waals surface area contributed by atoms with E-state index >= 15 is 0 Å². The molecule has 0 fully saturated rings. The van der Waals surface area contributed by atoms with Crippen LogP contribution < -0.4 is 0 Å². The minimum atomic E-state index is -2.24. The summed E-state index contributed by atoms with van der Waals surface area (Å²) >= 11 is 0. The second-order valence-electron chi connectivity index (χ2n) is 12.5. The maximum absolute atomic E-state index is 14.5. The van der Waals surface area contributed by atoms with Crippen LogP contribution in [0, 0.1) is 23.3 Å². The standard InChI is InChI=1S/C18H27F2N3O2Si.C12H13F2N3O2/c1-13(25-26(5,6)17(2,3)4)18(24,10-23-12-21-11-22-23)15-8-7-14(19)9-16(15)20;1-8(18)12(19,5-17-7-15-6-16-17)10-3-2-9(13)4-11(10)14/h7-9,11-13,24H,10H2,1-6H3;2-4,6-8,18-19H,5H2,1H3/t13-,18+;8-,12-/m01/s1. The number of hydrogen-bond donors (Lipinski definition) is 3. The van der Waals surface area contributed by atoms with Crippen LogP contribution in [0.2, 0.25) is 18.1 Å². The number of aromatic nitrogens is 6. The van der Waals surface area contributed by atoms with E-state index in [1.165, 1.54) is 47.7 Å². The van der Waals surface area contributed by atoms with Crippen LogP contribution in [-0.4, -0.2) is 65.4 Å². The fourth-order valence-electron chi connectivity index (χ4n) is 4.40. The fraction of sp³-hybridized carbons (Fsp3) is 0.467. The zero-order valence-electron chi connectivity index (χ0n) is 26.3. The van der Waals surface area contributed by atoms with E-state index in [0.717, 1.165) is 24.3 Å². The molecular weight excluding hydrogens is 612 g/mol. The van der Waals surface area contributed by atoms with Crippen molar-refractivity contribution in [1.29, 1.82) is 0 Å². The highest BCUT2D eigenvalue weighted by Gasteiger charge is 2.46. The minimum Gasteiger partial charge on any atom is -0.411 e. The molecule has 45 heavy (non-hydrogen) atoms. The molecule has 3 N–H and O–H groups in total. The second kappa shape index (κ2) is 13.9. The molecule has 2 heterocycles. The molecule has 4 atom stereocenters. The van der Waals surface area contributed by atoms with Gasteiger partial charge in [-0.25, -0.2) is 36.9 Å². The van der Waals surface area contributed by atoms with Crippen LogP contribution in [0.3, 0.4) is 0 Å². The smallest absolute Gasteiger partial charge is 0.192 e. The highest BCUT2D eigenvalue weighted by Crippen LogP contribution is 2.41. The average molecular weight is 653 g/mol. The Bertz CT molecular complexity index is 1540. The number of aliphatic hydroxyl groups is 3. The molecule has 0 spiro atoms. The Kier molecular flexibility index (Phi) is 11.1. The van der Waals surface area contributed by atoms with Crippen LogP contribution in [0.25, 0.3) is 0 Å². The van der Waals surface area contributed by atoms with Gasteiger partial charge in [0.25, 0.3) is 0 Å². The molecule has 0 radical (unpaired) electrons. The molecule has 0 unspecified atom stereocenters. The lowest BCUT2D eigenvalue weighted by molar-refractivity contribution is -0.0874. The normalized spacial score (nSPS) is 16.2. The first kappa shape index (κ1) is 36.0. The molecule has 0 bridgehead atoms. The Balaban J connectivity index is 0.000000257. The Hall–Kier alpha value is -3.50. The van der Waals surface area contributed by atoms with Crippen molar-refractivity contribution in [3.63, 3.8) is 0 Å². The monoisotopic (exact) mass is 652 g/mol. The summed E-state index contributed by atoms with van der Waals surface area (Å²) < 4.78 is 63.6. The number of hydrogen-bond acceptors (Lipinski definition) is 8. The third-order valence-corrected chi connectivity index (χ3v) is 12.7. The zero-order chi connectivity index (χ0) is 33.8. The molecule has 2 aromatic heterocycles. The van der Waals surface area contributed by atoms with Crippen molar-refractivity contribution in [2.24, 2.45) is 0 Å². The van der Waals surface area contributed by atoms with E-state index in [-0.39, 0.29) is 29.3 Å². The highest BCUT2D eigenvalue weighted by atomic mass is 28.4. The SMILES string of the molecule is C[C@@H](O)[C@](O)(Cn1cncn1)c1ccc(F)cc1F.C[C@H](O[Si](C)(C)C(C)(C)C)[C@](O)(Cn1cncn1)c1ccc(F)cc1F. The van der Waals surface area contributed by atoms with Gasteiger partial charge >= 0.3 is 0 Å². The first-order chi connectivity index (χ1) is 20.8. The van der Waals surface area contributed by atoms with Gasteiger partial charge in [-0.1, -0.05) is 32.9 Å². The molecule has 246 valence electrons. The summed E-state index contributed by atoms with van der Waals surface area (Å²) in [5.74, 6) is -3.20. The zero-order valence-corrected chi connectivity index (χ0v) is 27.3. The maximum atomic E-state index is 14.5. The predicted molar refractivity (Wildman–Crippen MR) is 160 cm³/mol. The molecule has 4 rings (SSSR count). The number of aliphatic hydroxyl groups excluding tert-OH is 1. The summed E-state index contributed by atoms with van der Waals surface area (Å²) in [5.41, 5.74) is -3.88. The summed E-state index contributed by atoms with van der Waals surface area (Å²) in [7, 11) is -2.24. The Morgan fingerprint density at radius 2 is 1.20 bits per heavy atom. The second-order valence-corrected chi connectivity index (χ2v) is 17.2. The lowest BCUT2D eigenvalue weighted by atomic mass is 9.88. The summed E-state index contributed by atoms with van der Waals surface area (Å²) in [5, 5.41) is 39.4. The first-order valence-electron chi connectivity index (χ1n) is 14.2. The summed E-state index contributed by atoms with van der Waals surface area (Å²) in [4.78, 5) is 7.57. The van der Waals surface area contributed by atoms with Gasteiger partial charge in [-0.3, -0.25) is 0 Å². The minimum absolute atomic E-state index is 0.0272. The maximum Gasteiger partial charge on any atom is 0.192 e. The van der Waals surface area contributed by atoms with Crippen LogP contribution in [0.5, 0.6) is 0 Å². The first-order valence-corrected chi connectivity index (χ1v) is 17.1. The van der Waals surface area contributed by atoms with E-state index in [1.807, 2.05) is 0 Å². The summed E-state index contributed by atoms with van der Waals surface area (Å²) in [6, 6.07) is 5.93. The quantitative estimate of drug-likeness (QED) is 0.166. The number of benzene rings is 2. The Morgan fingerprint density at radius 1 is 0.778 bits per heavy atom. The van der Waals surface area contributed by atoms with Crippen LogP contribution in [0.15, 0.2) is 61.7 Å². The van der Waals surface area contributed by atoms with Gasteiger partial charge in [0.05, 0.1) is 25.3 Å². The van der Waals surface area contributed by atoms with E-state index in [4.69, 9.17) is 4.43 Å². The summed E-state index contributed by atoms with van der Waals surface area (Å²) in [6.07, 6.45) is 3.33. The molecule has 0 saturated carbocycles. The molecule has 4 aromatic rings. The number of halogens is 4. The van der Waals surface area contributed by atoms with Gasteiger partial charge in [0.15, 0.2) is 8.32 Å². The molecule has 0 aliphatic carbocycles. The van der Waals surface area contributed by atoms with Crippen molar-refractivity contribution in [3.8, 4) is 0 Å². The lowest BCUT2D eigenvalue weighted by Crippen LogP contribution is -2.51. The molecule has 0 aliphatic rings. The van der Waals surface area contributed by atoms with E-state index < -0.39 is 55.0 Å². The van der Waals surface area contributed by atoms with Crippen molar-refractivity contribution in [3.05, 3.63) is 96.1 Å². The van der Waals surface area contributed by atoms with Crippen molar-refractivity contribution in [1.82, 2.24) is 29.5 Å². The summed E-state index contributed by atoms with van der Waals surface area (Å²) in [6.45, 7) is 13.1. The third kappa shape index (κ3) is 8.41. The van der Waals surface area contributed by atoms with Crippen LogP contribution in [-0.2, 0) is 28.7 Å². The Labute approximate surface area is 260 Å². The van der Waals surface area contributed by atoms with Crippen LogP contribution in [0.1, 0.15) is 45.7 Å². The predicted octanol–water partition coefficient (Wildman–Crippen LogP) is 4.68. The molecule has 0 amide bonds. The van der Waals surface area contributed by atoms with Gasteiger partial charge in [-0.05, 0) is 44.1 Å². The van der Waals surface area contributed by atoms with Crippen molar-refractivity contribution >= 4 is 8.32 Å². The molecule has 15 heteroatoms. The lowest BCUT2D eigenvalue weighted by Gasteiger charge is -2.43. The van der Waals surface area contributed by atoms with Crippen LogP contribution in [0.4, 0.5) is 17.6 Å². The van der Waals surface area contributed by atoms with Crippen LogP contribution >= 0.6 is 0 Å². The van der Waals surface area contributed by atoms with Gasteiger partial charge in [-0.2, -0.15) is 10.2 Å². The van der Waals surface area contributed by atoms with Crippen molar-refractivity contribution < 1.29 is 37.3 Å². The van der Waals surface area contributed by atoms with Gasteiger partial charge in [0.2, 0.25) is 0 Å². The Morgan fingerprint density at radius 3 is 1.56 bits per heavy atom. The molecule has 0 aliphatic heterocycles. The van der Waals surface area contributed by atoms with Crippen molar-refractivity contribution in [2.45, 2.75) is 89.3 Å². The third-order valence-electron chi connectivity index (χ3n) is 8.18.